The number of carbonyl (C=O) groups excluding carboxylic acids is 2. The van der Waals surface area contributed by atoms with Gasteiger partial charge in [-0.05, 0) is 39.7 Å². The lowest BCUT2D eigenvalue weighted by molar-refractivity contribution is 0.0697. The lowest BCUT2D eigenvalue weighted by atomic mass is 10.0. The number of rotatable bonds is 3. The third-order valence-electron chi connectivity index (χ3n) is 4.25. The van der Waals surface area contributed by atoms with Gasteiger partial charge in [0.1, 0.15) is 5.76 Å². The van der Waals surface area contributed by atoms with Crippen LogP contribution in [0.1, 0.15) is 49.2 Å². The molecule has 0 aromatic carbocycles. The Morgan fingerprint density at radius 2 is 1.96 bits per heavy atom. The molecule has 3 heterocycles. The summed E-state index contributed by atoms with van der Waals surface area (Å²) in [6.07, 6.45) is 1.49. The highest BCUT2D eigenvalue weighted by Gasteiger charge is 2.26. The molecule has 2 aromatic heterocycles. The van der Waals surface area contributed by atoms with Gasteiger partial charge >= 0.3 is 0 Å². The number of hydrogen-bond acceptors (Lipinski definition) is 5. The number of aromatic nitrogens is 1. The molecule has 1 aliphatic rings. The third kappa shape index (κ3) is 3.51. The summed E-state index contributed by atoms with van der Waals surface area (Å²) < 4.78 is 4.92. The van der Waals surface area contributed by atoms with E-state index >= 15 is 0 Å². The molecule has 1 aliphatic heterocycles. The Morgan fingerprint density at radius 3 is 2.50 bits per heavy atom. The van der Waals surface area contributed by atoms with Gasteiger partial charge in [-0.15, -0.1) is 11.3 Å². The molecule has 6 nitrogen and oxygen atoms in total. The van der Waals surface area contributed by atoms with Crippen molar-refractivity contribution in [1.82, 2.24) is 15.4 Å². The van der Waals surface area contributed by atoms with E-state index < -0.39 is 0 Å². The van der Waals surface area contributed by atoms with Crippen LogP contribution in [0.4, 0.5) is 0 Å². The van der Waals surface area contributed by atoms with E-state index in [0.29, 0.717) is 24.5 Å². The van der Waals surface area contributed by atoms with E-state index in [4.69, 9.17) is 4.52 Å². The molecule has 2 amide bonds. The maximum Gasteiger partial charge on any atom is 0.273 e. The van der Waals surface area contributed by atoms with Crippen molar-refractivity contribution in [3.05, 3.63) is 38.9 Å². The minimum Gasteiger partial charge on any atom is -0.361 e. The minimum absolute atomic E-state index is 0.0591. The topological polar surface area (TPSA) is 75.4 Å². The number of nitrogens with zero attached hydrogens (tertiary/aromatic N) is 2. The Balaban J connectivity index is 1.55. The van der Waals surface area contributed by atoms with Gasteiger partial charge in [0, 0.05) is 35.0 Å². The molecule has 0 aliphatic carbocycles. The van der Waals surface area contributed by atoms with Gasteiger partial charge in [0.25, 0.3) is 11.8 Å². The SMILES string of the molecule is Cc1cc(C(=O)NC2CCN(C(=O)c3cc(C)sc3C)CC2)no1. The first kappa shape index (κ1) is 16.7. The van der Waals surface area contributed by atoms with Crippen LogP contribution in [0.15, 0.2) is 16.7 Å². The summed E-state index contributed by atoms with van der Waals surface area (Å²) in [6.45, 7) is 7.05. The smallest absolute Gasteiger partial charge is 0.273 e. The van der Waals surface area contributed by atoms with Gasteiger partial charge in [-0.1, -0.05) is 5.16 Å². The first-order chi connectivity index (χ1) is 11.4. The summed E-state index contributed by atoms with van der Waals surface area (Å²) in [5.41, 5.74) is 1.11. The average molecular weight is 347 g/mol. The Morgan fingerprint density at radius 1 is 1.25 bits per heavy atom. The van der Waals surface area contributed by atoms with Crippen molar-refractivity contribution in [2.75, 3.05) is 13.1 Å². The van der Waals surface area contributed by atoms with E-state index in [1.165, 1.54) is 0 Å². The number of piperidine rings is 1. The number of carbonyl (C=O) groups is 2. The van der Waals surface area contributed by atoms with Gasteiger partial charge in [0.05, 0.1) is 5.56 Å². The fourth-order valence-corrected chi connectivity index (χ4v) is 3.89. The van der Waals surface area contributed by atoms with E-state index in [1.54, 1.807) is 24.3 Å². The minimum atomic E-state index is -0.221. The summed E-state index contributed by atoms with van der Waals surface area (Å²) in [6, 6.07) is 3.64. The molecule has 0 saturated carbocycles. The zero-order valence-electron chi connectivity index (χ0n) is 14.1. The van der Waals surface area contributed by atoms with Crippen molar-refractivity contribution in [3.63, 3.8) is 0 Å². The highest BCUT2D eigenvalue weighted by atomic mass is 32.1. The number of likely N-dealkylation sites (tertiary alicyclic amines) is 1. The van der Waals surface area contributed by atoms with Gasteiger partial charge < -0.3 is 14.7 Å². The van der Waals surface area contributed by atoms with Crippen LogP contribution < -0.4 is 5.32 Å². The van der Waals surface area contributed by atoms with Crippen molar-refractivity contribution in [2.24, 2.45) is 0 Å². The van der Waals surface area contributed by atoms with Crippen LogP contribution in [0.5, 0.6) is 0 Å². The molecule has 0 bridgehead atoms. The molecule has 0 spiro atoms. The maximum atomic E-state index is 12.6. The van der Waals surface area contributed by atoms with Gasteiger partial charge in [0.15, 0.2) is 5.69 Å². The van der Waals surface area contributed by atoms with Crippen molar-refractivity contribution in [3.8, 4) is 0 Å². The number of aryl methyl sites for hydroxylation is 3. The molecule has 2 aromatic rings. The van der Waals surface area contributed by atoms with Crippen LogP contribution in [0.3, 0.4) is 0 Å². The van der Waals surface area contributed by atoms with E-state index in [-0.39, 0.29) is 17.9 Å². The summed E-state index contributed by atoms with van der Waals surface area (Å²) >= 11 is 1.65. The van der Waals surface area contributed by atoms with Gasteiger partial charge in [-0.2, -0.15) is 0 Å². The van der Waals surface area contributed by atoms with Crippen molar-refractivity contribution >= 4 is 23.2 Å². The van der Waals surface area contributed by atoms with Crippen LogP contribution >= 0.6 is 11.3 Å². The first-order valence-corrected chi connectivity index (χ1v) is 8.86. The quantitative estimate of drug-likeness (QED) is 0.926. The van der Waals surface area contributed by atoms with Crippen molar-refractivity contribution in [1.29, 1.82) is 0 Å². The lowest BCUT2D eigenvalue weighted by Crippen LogP contribution is -2.46. The first-order valence-electron chi connectivity index (χ1n) is 8.04. The standard InChI is InChI=1S/C17H21N3O3S/c1-10-8-15(19-23-10)16(21)18-13-4-6-20(7-5-13)17(22)14-9-11(2)24-12(14)3/h8-9,13H,4-7H2,1-3H3,(H,18,21). The number of hydrogen-bond donors (Lipinski definition) is 1. The van der Waals surface area contributed by atoms with Crippen LogP contribution in [0, 0.1) is 20.8 Å². The van der Waals surface area contributed by atoms with Crippen LogP contribution in [-0.2, 0) is 0 Å². The fourth-order valence-electron chi connectivity index (χ4n) is 2.97. The molecular weight excluding hydrogens is 326 g/mol. The Bertz CT molecular complexity index is 757. The largest absolute Gasteiger partial charge is 0.361 e. The molecule has 128 valence electrons. The molecule has 1 N–H and O–H groups in total. The summed E-state index contributed by atoms with van der Waals surface area (Å²) in [5.74, 6) is 0.483. The Hall–Kier alpha value is -2.15. The number of amides is 2. The van der Waals surface area contributed by atoms with Gasteiger partial charge in [-0.3, -0.25) is 9.59 Å². The van der Waals surface area contributed by atoms with Crippen LogP contribution in [0.25, 0.3) is 0 Å². The molecule has 1 fully saturated rings. The monoisotopic (exact) mass is 347 g/mol. The van der Waals surface area contributed by atoms with E-state index in [1.807, 2.05) is 24.8 Å². The molecule has 0 unspecified atom stereocenters. The van der Waals surface area contributed by atoms with Gasteiger partial charge in [0.2, 0.25) is 0 Å². The Kier molecular flexibility index (Phi) is 4.71. The van der Waals surface area contributed by atoms with Crippen LogP contribution in [-0.4, -0.2) is 41.0 Å². The molecular formula is C17H21N3O3S. The zero-order valence-corrected chi connectivity index (χ0v) is 14.9. The molecule has 1 saturated heterocycles. The normalized spacial score (nSPS) is 15.5. The molecule has 7 heteroatoms. The molecule has 0 atom stereocenters. The maximum absolute atomic E-state index is 12.6. The Labute approximate surface area is 144 Å². The van der Waals surface area contributed by atoms with E-state index in [0.717, 1.165) is 28.2 Å². The second kappa shape index (κ2) is 6.76. The van der Waals surface area contributed by atoms with Crippen molar-refractivity contribution in [2.45, 2.75) is 39.7 Å². The summed E-state index contributed by atoms with van der Waals surface area (Å²) in [4.78, 5) is 28.8. The zero-order chi connectivity index (χ0) is 17.3. The predicted octanol–water partition coefficient (Wildman–Crippen LogP) is 2.70. The number of nitrogens with one attached hydrogen (secondary N) is 1. The second-order valence-electron chi connectivity index (χ2n) is 6.19. The number of thiophene rings is 1. The van der Waals surface area contributed by atoms with E-state index in [9.17, 15) is 9.59 Å². The third-order valence-corrected chi connectivity index (χ3v) is 5.22. The predicted molar refractivity (Wildman–Crippen MR) is 91.4 cm³/mol. The molecule has 24 heavy (non-hydrogen) atoms. The average Bonchev–Trinajstić information content (AvgIpc) is 3.13. The molecule has 3 rings (SSSR count). The second-order valence-corrected chi connectivity index (χ2v) is 7.65. The highest BCUT2D eigenvalue weighted by molar-refractivity contribution is 7.12. The van der Waals surface area contributed by atoms with Gasteiger partial charge in [-0.25, -0.2) is 0 Å². The molecule has 0 radical (unpaired) electrons. The van der Waals surface area contributed by atoms with Crippen LogP contribution in [0.2, 0.25) is 0 Å². The lowest BCUT2D eigenvalue weighted by Gasteiger charge is -2.32. The highest BCUT2D eigenvalue weighted by Crippen LogP contribution is 2.23. The summed E-state index contributed by atoms with van der Waals surface area (Å²) in [5, 5.41) is 6.69. The van der Waals surface area contributed by atoms with Crippen molar-refractivity contribution < 1.29 is 14.1 Å². The van der Waals surface area contributed by atoms with E-state index in [2.05, 4.69) is 10.5 Å². The fraction of sp³-hybridized carbons (Fsp3) is 0.471. The summed E-state index contributed by atoms with van der Waals surface area (Å²) in [7, 11) is 0.